The van der Waals surface area contributed by atoms with Crippen LogP contribution in [0.1, 0.15) is 60.8 Å². The summed E-state index contributed by atoms with van der Waals surface area (Å²) >= 11 is 0. The van der Waals surface area contributed by atoms with E-state index in [1.54, 1.807) is 0 Å². The Bertz CT molecular complexity index is 306. The molecule has 2 N–H and O–H groups in total. The second-order valence-electron chi connectivity index (χ2n) is 7.26. The number of carbonyl (C=O) groups excluding carboxylic acids is 1. The molecule has 0 spiro atoms. The van der Waals surface area contributed by atoms with E-state index in [4.69, 9.17) is 4.74 Å². The molecule has 118 valence electrons. The Balaban J connectivity index is 2.41. The fourth-order valence-electron chi connectivity index (χ4n) is 2.33. The molecule has 0 aromatic carbocycles. The number of hydrogen-bond donors (Lipinski definition) is 2. The Morgan fingerprint density at radius 3 is 2.30 bits per heavy atom. The molecule has 20 heavy (non-hydrogen) atoms. The van der Waals surface area contributed by atoms with Crippen molar-refractivity contribution >= 4 is 6.09 Å². The van der Waals surface area contributed by atoms with Gasteiger partial charge in [0, 0.05) is 18.6 Å². The summed E-state index contributed by atoms with van der Waals surface area (Å²) in [6.45, 7) is 12.9. The Hall–Kier alpha value is -0.770. The van der Waals surface area contributed by atoms with E-state index < -0.39 is 5.60 Å². The molecule has 2 unspecified atom stereocenters. The number of ether oxygens (including phenoxy) is 1. The van der Waals surface area contributed by atoms with Crippen LogP contribution in [0, 0.1) is 11.8 Å². The summed E-state index contributed by atoms with van der Waals surface area (Å²) in [4.78, 5) is 11.9. The third-order valence-corrected chi connectivity index (χ3v) is 3.74. The van der Waals surface area contributed by atoms with E-state index in [1.165, 1.54) is 12.8 Å². The summed E-state index contributed by atoms with van der Waals surface area (Å²) < 4.78 is 5.33. The van der Waals surface area contributed by atoms with Crippen LogP contribution in [-0.2, 0) is 4.74 Å². The molecule has 1 fully saturated rings. The summed E-state index contributed by atoms with van der Waals surface area (Å²) in [5.74, 6) is 1.22. The quantitative estimate of drug-likeness (QED) is 0.754. The van der Waals surface area contributed by atoms with Gasteiger partial charge >= 0.3 is 6.09 Å². The molecule has 1 rings (SSSR count). The molecule has 4 nitrogen and oxygen atoms in total. The lowest BCUT2D eigenvalue weighted by atomic mass is 10.0. The van der Waals surface area contributed by atoms with Crippen LogP contribution >= 0.6 is 0 Å². The van der Waals surface area contributed by atoms with Crippen LogP contribution < -0.4 is 10.6 Å². The number of nitrogens with one attached hydrogen (secondary N) is 2. The van der Waals surface area contributed by atoms with Crippen molar-refractivity contribution < 1.29 is 9.53 Å². The van der Waals surface area contributed by atoms with Crippen LogP contribution in [0.15, 0.2) is 0 Å². The molecule has 0 aromatic heterocycles. The first-order valence-corrected chi connectivity index (χ1v) is 7.95. The van der Waals surface area contributed by atoms with Gasteiger partial charge in [0.05, 0.1) is 0 Å². The molecule has 4 heteroatoms. The van der Waals surface area contributed by atoms with Crippen LogP contribution in [0.3, 0.4) is 0 Å². The Morgan fingerprint density at radius 2 is 1.90 bits per heavy atom. The lowest BCUT2D eigenvalue weighted by molar-refractivity contribution is 0.0489. The lowest BCUT2D eigenvalue weighted by Crippen LogP contribution is -2.49. The highest BCUT2D eigenvalue weighted by atomic mass is 16.6. The number of rotatable bonds is 7. The standard InChI is InChI=1S/C16H32N2O2/c1-7-13(12-8-9-12)17-10-14(11(2)3)18-15(19)20-16(4,5)6/h11-14,17H,7-10H2,1-6H3,(H,18,19). The van der Waals surface area contributed by atoms with Gasteiger partial charge in [0.15, 0.2) is 0 Å². The highest BCUT2D eigenvalue weighted by molar-refractivity contribution is 5.68. The second kappa shape index (κ2) is 7.30. The number of amides is 1. The molecule has 1 aliphatic carbocycles. The molecule has 1 aliphatic rings. The SMILES string of the molecule is CCC(NCC(NC(=O)OC(C)(C)C)C(C)C)C1CC1. The van der Waals surface area contributed by atoms with Crippen molar-refractivity contribution in [1.29, 1.82) is 0 Å². The summed E-state index contributed by atoms with van der Waals surface area (Å²) in [5.41, 5.74) is -0.445. The van der Waals surface area contributed by atoms with E-state index in [0.29, 0.717) is 12.0 Å². The fourth-order valence-corrected chi connectivity index (χ4v) is 2.33. The predicted molar refractivity (Wildman–Crippen MR) is 82.8 cm³/mol. The number of carbonyl (C=O) groups is 1. The first-order valence-electron chi connectivity index (χ1n) is 7.95. The number of hydrogen-bond acceptors (Lipinski definition) is 3. The minimum Gasteiger partial charge on any atom is -0.444 e. The molecule has 0 saturated heterocycles. The minimum atomic E-state index is -0.445. The fraction of sp³-hybridized carbons (Fsp3) is 0.938. The molecule has 0 heterocycles. The van der Waals surface area contributed by atoms with Gasteiger partial charge in [0.25, 0.3) is 0 Å². The maximum Gasteiger partial charge on any atom is 0.407 e. The first kappa shape index (κ1) is 17.3. The summed E-state index contributed by atoms with van der Waals surface area (Å²) in [5, 5.41) is 6.60. The van der Waals surface area contributed by atoms with Gasteiger partial charge in [0.1, 0.15) is 5.60 Å². The monoisotopic (exact) mass is 284 g/mol. The predicted octanol–water partition coefficient (Wildman–Crippen LogP) is 3.31. The zero-order valence-electron chi connectivity index (χ0n) is 14.0. The molecule has 0 radical (unpaired) electrons. The summed E-state index contributed by atoms with van der Waals surface area (Å²) in [6.07, 6.45) is 3.52. The Kier molecular flexibility index (Phi) is 6.31. The number of alkyl carbamates (subject to hydrolysis) is 1. The Labute approximate surface area is 124 Å². The molecule has 0 aliphatic heterocycles. The van der Waals surface area contributed by atoms with Crippen LogP contribution in [0.25, 0.3) is 0 Å². The van der Waals surface area contributed by atoms with Crippen LogP contribution in [0.2, 0.25) is 0 Å². The van der Waals surface area contributed by atoms with Gasteiger partial charge in [-0.1, -0.05) is 20.8 Å². The van der Waals surface area contributed by atoms with E-state index in [2.05, 4.69) is 31.4 Å². The molecule has 1 amide bonds. The van der Waals surface area contributed by atoms with E-state index in [1.807, 2.05) is 20.8 Å². The maximum absolute atomic E-state index is 11.9. The molecule has 0 bridgehead atoms. The van der Waals surface area contributed by atoms with Crippen molar-refractivity contribution in [3.05, 3.63) is 0 Å². The van der Waals surface area contributed by atoms with Crippen molar-refractivity contribution in [2.45, 2.75) is 78.5 Å². The Morgan fingerprint density at radius 1 is 1.30 bits per heavy atom. The molecular weight excluding hydrogens is 252 g/mol. The maximum atomic E-state index is 11.9. The van der Waals surface area contributed by atoms with Crippen LogP contribution in [0.4, 0.5) is 4.79 Å². The van der Waals surface area contributed by atoms with Crippen LogP contribution in [-0.4, -0.2) is 30.3 Å². The van der Waals surface area contributed by atoms with Gasteiger partial charge in [-0.25, -0.2) is 4.79 Å². The highest BCUT2D eigenvalue weighted by Gasteiger charge is 2.30. The van der Waals surface area contributed by atoms with Crippen molar-refractivity contribution in [1.82, 2.24) is 10.6 Å². The minimum absolute atomic E-state index is 0.109. The molecule has 1 saturated carbocycles. The van der Waals surface area contributed by atoms with Gasteiger partial charge in [-0.2, -0.15) is 0 Å². The first-order chi connectivity index (χ1) is 9.23. The smallest absolute Gasteiger partial charge is 0.407 e. The average molecular weight is 284 g/mol. The second-order valence-corrected chi connectivity index (χ2v) is 7.26. The largest absolute Gasteiger partial charge is 0.444 e. The lowest BCUT2D eigenvalue weighted by Gasteiger charge is -2.27. The third kappa shape index (κ3) is 6.60. The van der Waals surface area contributed by atoms with E-state index >= 15 is 0 Å². The highest BCUT2D eigenvalue weighted by Crippen LogP contribution is 2.33. The summed E-state index contributed by atoms with van der Waals surface area (Å²) in [6, 6.07) is 0.703. The summed E-state index contributed by atoms with van der Waals surface area (Å²) in [7, 11) is 0. The van der Waals surface area contributed by atoms with Crippen molar-refractivity contribution in [3.8, 4) is 0 Å². The molecule has 2 atom stereocenters. The van der Waals surface area contributed by atoms with Gasteiger partial charge in [-0.3, -0.25) is 0 Å². The molecule has 0 aromatic rings. The van der Waals surface area contributed by atoms with E-state index in [-0.39, 0.29) is 12.1 Å². The van der Waals surface area contributed by atoms with Crippen molar-refractivity contribution in [3.63, 3.8) is 0 Å². The third-order valence-electron chi connectivity index (χ3n) is 3.74. The van der Waals surface area contributed by atoms with Gasteiger partial charge < -0.3 is 15.4 Å². The van der Waals surface area contributed by atoms with Gasteiger partial charge in [0.2, 0.25) is 0 Å². The van der Waals surface area contributed by atoms with Crippen molar-refractivity contribution in [2.75, 3.05) is 6.54 Å². The molecular formula is C16H32N2O2. The van der Waals surface area contributed by atoms with Gasteiger partial charge in [-0.05, 0) is 51.9 Å². The normalized spacial score (nSPS) is 18.8. The van der Waals surface area contributed by atoms with Crippen molar-refractivity contribution in [2.24, 2.45) is 11.8 Å². The zero-order chi connectivity index (χ0) is 15.3. The van der Waals surface area contributed by atoms with E-state index in [9.17, 15) is 4.79 Å². The van der Waals surface area contributed by atoms with Gasteiger partial charge in [-0.15, -0.1) is 0 Å². The van der Waals surface area contributed by atoms with Crippen LogP contribution in [0.5, 0.6) is 0 Å². The average Bonchev–Trinajstić information content (AvgIpc) is 3.09. The van der Waals surface area contributed by atoms with E-state index in [0.717, 1.165) is 18.9 Å². The zero-order valence-corrected chi connectivity index (χ0v) is 14.0. The topological polar surface area (TPSA) is 50.4 Å².